The minimum atomic E-state index is -0.551. The Balaban J connectivity index is 1.96. The van der Waals surface area contributed by atoms with Gasteiger partial charge in [0.1, 0.15) is 11.5 Å². The second kappa shape index (κ2) is 5.60. The van der Waals surface area contributed by atoms with Crippen LogP contribution in [-0.2, 0) is 11.3 Å². The number of aliphatic hydroxyl groups is 1. The lowest BCUT2D eigenvalue weighted by atomic mass is 9.94. The average molecular weight is 279 g/mol. The second-order valence-electron chi connectivity index (χ2n) is 5.32. The summed E-state index contributed by atoms with van der Waals surface area (Å²) in [5, 5.41) is 10.5. The van der Waals surface area contributed by atoms with E-state index in [1.54, 1.807) is 14.2 Å². The van der Waals surface area contributed by atoms with Crippen LogP contribution in [-0.4, -0.2) is 50.0 Å². The van der Waals surface area contributed by atoms with Crippen molar-refractivity contribution in [1.29, 1.82) is 0 Å². The molecular formula is C15H21NO4. The van der Waals surface area contributed by atoms with Crippen molar-refractivity contribution < 1.29 is 19.3 Å². The van der Waals surface area contributed by atoms with Gasteiger partial charge in [0.15, 0.2) is 0 Å². The van der Waals surface area contributed by atoms with E-state index < -0.39 is 6.10 Å². The molecule has 0 aromatic heterocycles. The summed E-state index contributed by atoms with van der Waals surface area (Å²) in [5.74, 6) is 1.54. The van der Waals surface area contributed by atoms with E-state index in [-0.39, 0.29) is 0 Å². The van der Waals surface area contributed by atoms with Gasteiger partial charge in [-0.3, -0.25) is 4.90 Å². The van der Waals surface area contributed by atoms with E-state index in [0.717, 1.165) is 48.8 Å². The highest BCUT2D eigenvalue weighted by atomic mass is 16.5. The Hall–Kier alpha value is -1.30. The third-order valence-corrected chi connectivity index (χ3v) is 4.24. The smallest absolute Gasteiger partial charge is 0.125 e. The van der Waals surface area contributed by atoms with Crippen LogP contribution < -0.4 is 9.47 Å². The molecule has 20 heavy (non-hydrogen) atoms. The van der Waals surface area contributed by atoms with E-state index >= 15 is 0 Å². The number of methoxy groups -OCH3 is 2. The van der Waals surface area contributed by atoms with Crippen LogP contribution in [0.4, 0.5) is 0 Å². The predicted octanol–water partition coefficient (Wildman–Crippen LogP) is 1.34. The normalized spacial score (nSPS) is 26.4. The minimum absolute atomic E-state index is 0.383. The molecule has 0 spiro atoms. The fourth-order valence-electron chi connectivity index (χ4n) is 3.19. The molecule has 1 aromatic rings. The number of nitrogens with zero attached hydrogens (tertiary/aromatic N) is 1. The van der Waals surface area contributed by atoms with Gasteiger partial charge in [-0.15, -0.1) is 0 Å². The van der Waals surface area contributed by atoms with Crippen LogP contribution in [0.3, 0.4) is 0 Å². The summed E-state index contributed by atoms with van der Waals surface area (Å²) in [6.45, 7) is 2.93. The van der Waals surface area contributed by atoms with Crippen LogP contribution in [0.25, 0.3) is 0 Å². The van der Waals surface area contributed by atoms with Gasteiger partial charge in [-0.1, -0.05) is 0 Å². The molecule has 0 amide bonds. The topological polar surface area (TPSA) is 51.2 Å². The maximum absolute atomic E-state index is 10.5. The number of hydrogen-bond donors (Lipinski definition) is 1. The number of fused-ring (bicyclic) bond motifs is 1. The first kappa shape index (κ1) is 13.7. The van der Waals surface area contributed by atoms with Crippen molar-refractivity contribution in [2.75, 3.05) is 34.0 Å². The summed E-state index contributed by atoms with van der Waals surface area (Å²) in [5.41, 5.74) is 1.89. The van der Waals surface area contributed by atoms with Crippen molar-refractivity contribution in [3.8, 4) is 11.5 Å². The molecule has 0 unspecified atom stereocenters. The maximum Gasteiger partial charge on any atom is 0.125 e. The van der Waals surface area contributed by atoms with E-state index in [1.807, 2.05) is 12.1 Å². The predicted molar refractivity (Wildman–Crippen MR) is 74.1 cm³/mol. The van der Waals surface area contributed by atoms with Crippen LogP contribution >= 0.6 is 0 Å². The summed E-state index contributed by atoms with van der Waals surface area (Å²) in [6.07, 6.45) is 0.471. The molecule has 1 aromatic carbocycles. The van der Waals surface area contributed by atoms with Gasteiger partial charge in [0.2, 0.25) is 0 Å². The summed E-state index contributed by atoms with van der Waals surface area (Å²) in [4.78, 5) is 2.28. The van der Waals surface area contributed by atoms with Crippen LogP contribution in [0.2, 0.25) is 0 Å². The molecule has 1 saturated heterocycles. The number of aliphatic hydroxyl groups excluding tert-OH is 1. The fourth-order valence-corrected chi connectivity index (χ4v) is 3.19. The van der Waals surface area contributed by atoms with Gasteiger partial charge in [-0.05, 0) is 18.6 Å². The van der Waals surface area contributed by atoms with Gasteiger partial charge in [-0.25, -0.2) is 0 Å². The third-order valence-electron chi connectivity index (χ3n) is 4.24. The largest absolute Gasteiger partial charge is 0.496 e. The molecule has 0 radical (unpaired) electrons. The van der Waals surface area contributed by atoms with Crippen molar-refractivity contribution in [2.45, 2.75) is 25.1 Å². The summed E-state index contributed by atoms with van der Waals surface area (Å²) in [7, 11) is 3.29. The Morgan fingerprint density at radius 1 is 1.25 bits per heavy atom. The van der Waals surface area contributed by atoms with Crippen LogP contribution in [0.1, 0.15) is 23.7 Å². The number of ether oxygens (including phenoxy) is 3. The highest BCUT2D eigenvalue weighted by molar-refractivity contribution is 5.51. The van der Waals surface area contributed by atoms with E-state index in [9.17, 15) is 5.11 Å². The van der Waals surface area contributed by atoms with Crippen LogP contribution in [0, 0.1) is 0 Å². The number of rotatable bonds is 3. The Morgan fingerprint density at radius 3 is 2.65 bits per heavy atom. The Kier molecular flexibility index (Phi) is 3.83. The summed E-state index contributed by atoms with van der Waals surface area (Å²) < 4.78 is 16.3. The summed E-state index contributed by atoms with van der Waals surface area (Å²) >= 11 is 0. The van der Waals surface area contributed by atoms with Crippen molar-refractivity contribution in [3.63, 3.8) is 0 Å². The molecule has 2 aliphatic rings. The number of hydrogen-bond acceptors (Lipinski definition) is 5. The zero-order valence-electron chi connectivity index (χ0n) is 12.0. The molecule has 0 saturated carbocycles. The maximum atomic E-state index is 10.5. The van der Waals surface area contributed by atoms with E-state index in [4.69, 9.17) is 14.2 Å². The number of β-amino-alcohol motifs (C(OH)–C–C–N with tert-alkyl or cyclic N) is 1. The van der Waals surface area contributed by atoms with Crippen molar-refractivity contribution in [2.24, 2.45) is 0 Å². The molecule has 1 fully saturated rings. The van der Waals surface area contributed by atoms with Crippen molar-refractivity contribution in [3.05, 3.63) is 23.3 Å². The lowest BCUT2D eigenvalue weighted by Gasteiger charge is -2.36. The SMILES string of the molecule is COc1ccc(OC)c2c1CN([C@@H]1CCOC1)C[C@@H]2O. The van der Waals surface area contributed by atoms with Crippen molar-refractivity contribution in [1.82, 2.24) is 4.90 Å². The van der Waals surface area contributed by atoms with Gasteiger partial charge in [0.25, 0.3) is 0 Å². The lowest BCUT2D eigenvalue weighted by molar-refractivity contribution is 0.0560. The van der Waals surface area contributed by atoms with Crippen molar-refractivity contribution >= 4 is 0 Å². The minimum Gasteiger partial charge on any atom is -0.496 e. The van der Waals surface area contributed by atoms with E-state index in [2.05, 4.69) is 4.90 Å². The quantitative estimate of drug-likeness (QED) is 0.905. The third kappa shape index (κ3) is 2.26. The van der Waals surface area contributed by atoms with E-state index in [1.165, 1.54) is 0 Å². The zero-order chi connectivity index (χ0) is 14.1. The average Bonchev–Trinajstić information content (AvgIpc) is 3.00. The molecule has 2 heterocycles. The zero-order valence-corrected chi connectivity index (χ0v) is 12.0. The Labute approximate surface area is 119 Å². The monoisotopic (exact) mass is 279 g/mol. The second-order valence-corrected chi connectivity index (χ2v) is 5.32. The first-order valence-corrected chi connectivity index (χ1v) is 6.98. The standard InChI is InChI=1S/C15H21NO4/c1-18-13-3-4-14(19-2)15-11(13)7-16(8-12(15)17)10-5-6-20-9-10/h3-4,10,12,17H,5-9H2,1-2H3/t10-,12+/m1/s1. The van der Waals surface area contributed by atoms with Crippen LogP contribution in [0.5, 0.6) is 11.5 Å². The Morgan fingerprint density at radius 2 is 2.00 bits per heavy atom. The molecule has 110 valence electrons. The molecule has 2 aliphatic heterocycles. The van der Waals surface area contributed by atoms with Gasteiger partial charge in [0, 0.05) is 36.9 Å². The highest BCUT2D eigenvalue weighted by Gasteiger charge is 2.34. The summed E-state index contributed by atoms with van der Waals surface area (Å²) in [6, 6.07) is 4.14. The molecular weight excluding hydrogens is 258 g/mol. The molecule has 0 bridgehead atoms. The molecule has 0 aliphatic carbocycles. The fraction of sp³-hybridized carbons (Fsp3) is 0.600. The van der Waals surface area contributed by atoms with Gasteiger partial charge < -0.3 is 19.3 Å². The van der Waals surface area contributed by atoms with Gasteiger partial charge in [-0.2, -0.15) is 0 Å². The van der Waals surface area contributed by atoms with Gasteiger partial charge in [0.05, 0.1) is 26.9 Å². The highest BCUT2D eigenvalue weighted by Crippen LogP contribution is 2.40. The lowest BCUT2D eigenvalue weighted by Crippen LogP contribution is -2.41. The molecule has 5 nitrogen and oxygen atoms in total. The first-order chi connectivity index (χ1) is 9.74. The molecule has 2 atom stereocenters. The molecule has 3 rings (SSSR count). The van der Waals surface area contributed by atoms with E-state index in [0.29, 0.717) is 12.6 Å². The number of benzene rings is 1. The molecule has 1 N–H and O–H groups in total. The van der Waals surface area contributed by atoms with Crippen LogP contribution in [0.15, 0.2) is 12.1 Å². The first-order valence-electron chi connectivity index (χ1n) is 6.98. The Bertz CT molecular complexity index is 485. The molecule has 5 heteroatoms. The van der Waals surface area contributed by atoms with Gasteiger partial charge >= 0.3 is 0 Å².